The van der Waals surface area contributed by atoms with Gasteiger partial charge in [0.15, 0.2) is 0 Å². The molecule has 0 radical (unpaired) electrons. The minimum absolute atomic E-state index is 0.212. The highest BCUT2D eigenvalue weighted by atomic mass is 16.5. The number of pyridine rings is 1. The number of anilines is 1. The summed E-state index contributed by atoms with van der Waals surface area (Å²) in [7, 11) is 1.77. The van der Waals surface area contributed by atoms with E-state index in [4.69, 9.17) is 4.74 Å². The lowest BCUT2D eigenvalue weighted by Crippen LogP contribution is -2.30. The Kier molecular flexibility index (Phi) is 5.25. The molecule has 3 heterocycles. The lowest BCUT2D eigenvalue weighted by atomic mass is 9.92. The number of benzene rings is 2. The molecule has 2 fully saturated rings. The number of aryl methyl sites for hydroxylation is 1. The van der Waals surface area contributed by atoms with Gasteiger partial charge in [0.05, 0.1) is 24.4 Å². The first-order valence-electron chi connectivity index (χ1n) is 11.1. The predicted octanol–water partition coefficient (Wildman–Crippen LogP) is 4.30. The quantitative estimate of drug-likeness (QED) is 0.642. The fourth-order valence-corrected chi connectivity index (χ4v) is 5.03. The van der Waals surface area contributed by atoms with Crippen molar-refractivity contribution in [3.05, 3.63) is 75.6 Å². The Morgan fingerprint density at radius 2 is 1.81 bits per heavy atom. The van der Waals surface area contributed by atoms with E-state index in [2.05, 4.69) is 59.5 Å². The van der Waals surface area contributed by atoms with Crippen molar-refractivity contribution in [2.75, 3.05) is 31.2 Å². The maximum atomic E-state index is 13.1. The molecule has 158 valence electrons. The van der Waals surface area contributed by atoms with Gasteiger partial charge in [-0.15, -0.1) is 0 Å². The number of rotatable bonds is 3. The summed E-state index contributed by atoms with van der Waals surface area (Å²) >= 11 is 0. The van der Waals surface area contributed by atoms with Crippen LogP contribution in [0.3, 0.4) is 0 Å². The fraction of sp³-hybridized carbons (Fsp3) is 0.385. The van der Waals surface area contributed by atoms with Crippen LogP contribution in [0.15, 0.2) is 53.3 Å². The second kappa shape index (κ2) is 8.20. The summed E-state index contributed by atoms with van der Waals surface area (Å²) in [5.74, 6) is 0.906. The van der Waals surface area contributed by atoms with Crippen molar-refractivity contribution in [1.29, 1.82) is 5.26 Å². The molecule has 0 saturated carbocycles. The van der Waals surface area contributed by atoms with Crippen LogP contribution in [0.25, 0.3) is 10.9 Å². The zero-order chi connectivity index (χ0) is 21.4. The second-order valence-electron chi connectivity index (χ2n) is 8.74. The maximum Gasteiger partial charge on any atom is 0.270 e. The maximum absolute atomic E-state index is 13.1. The topological polar surface area (TPSA) is 58.3 Å². The SMILES string of the molecule is Cn1c(=O)c(C#N)c(N2CCC[C@@H](c3ccccc3)CC2)c2ccc(C3COC3)cc21. The Hall–Kier alpha value is -3.10. The monoisotopic (exact) mass is 413 g/mol. The average Bonchev–Trinajstić information content (AvgIpc) is 3.02. The van der Waals surface area contributed by atoms with Gasteiger partial charge in [-0.2, -0.15) is 5.26 Å². The number of nitrogens with zero attached hydrogens (tertiary/aromatic N) is 3. The molecule has 5 nitrogen and oxygen atoms in total. The van der Waals surface area contributed by atoms with Gasteiger partial charge < -0.3 is 14.2 Å². The van der Waals surface area contributed by atoms with E-state index >= 15 is 0 Å². The Bertz CT molecular complexity index is 1210. The lowest BCUT2D eigenvalue weighted by Gasteiger charge is -2.28. The molecule has 5 rings (SSSR count). The number of hydrogen-bond acceptors (Lipinski definition) is 4. The molecule has 0 spiro atoms. The zero-order valence-electron chi connectivity index (χ0n) is 17.9. The van der Waals surface area contributed by atoms with Gasteiger partial charge in [0.1, 0.15) is 11.6 Å². The van der Waals surface area contributed by atoms with Crippen LogP contribution >= 0.6 is 0 Å². The Balaban J connectivity index is 1.56. The molecule has 31 heavy (non-hydrogen) atoms. The highest BCUT2D eigenvalue weighted by Crippen LogP contribution is 2.35. The molecule has 3 aromatic rings. The van der Waals surface area contributed by atoms with E-state index in [9.17, 15) is 10.1 Å². The average molecular weight is 414 g/mol. The number of aromatic nitrogens is 1. The first-order chi connectivity index (χ1) is 15.2. The Morgan fingerprint density at radius 1 is 1.00 bits per heavy atom. The van der Waals surface area contributed by atoms with Crippen LogP contribution in [-0.2, 0) is 11.8 Å². The summed E-state index contributed by atoms with van der Waals surface area (Å²) < 4.78 is 6.98. The molecule has 1 atom stereocenters. The van der Waals surface area contributed by atoms with E-state index in [0.717, 1.165) is 62.2 Å². The molecule has 5 heteroatoms. The first-order valence-corrected chi connectivity index (χ1v) is 11.1. The summed E-state index contributed by atoms with van der Waals surface area (Å²) in [6, 6.07) is 19.2. The van der Waals surface area contributed by atoms with Gasteiger partial charge in [0, 0.05) is 31.4 Å². The van der Waals surface area contributed by atoms with Crippen LogP contribution in [0.4, 0.5) is 5.69 Å². The van der Waals surface area contributed by atoms with Crippen molar-refractivity contribution in [2.24, 2.45) is 7.05 Å². The standard InChI is InChI=1S/C26H27N3O2/c1-28-24-14-20(21-16-31-17-21)9-10-22(24)25(23(15-27)26(28)30)29-12-5-8-19(11-13-29)18-6-3-2-4-7-18/h2-4,6-7,9-10,14,19,21H,5,8,11-13,16-17H2,1H3/t19-/m1/s1. The molecule has 2 aliphatic rings. The largest absolute Gasteiger partial charge is 0.380 e. The van der Waals surface area contributed by atoms with Gasteiger partial charge in [-0.05, 0) is 42.4 Å². The van der Waals surface area contributed by atoms with Gasteiger partial charge in [0.25, 0.3) is 5.56 Å². The van der Waals surface area contributed by atoms with E-state index in [0.29, 0.717) is 11.8 Å². The van der Waals surface area contributed by atoms with Crippen LogP contribution in [0.5, 0.6) is 0 Å². The fourth-order valence-electron chi connectivity index (χ4n) is 5.03. The van der Waals surface area contributed by atoms with Gasteiger partial charge in [-0.3, -0.25) is 4.79 Å². The van der Waals surface area contributed by atoms with Gasteiger partial charge >= 0.3 is 0 Å². The number of ether oxygens (including phenoxy) is 1. The van der Waals surface area contributed by atoms with Crippen molar-refractivity contribution in [3.63, 3.8) is 0 Å². The molecular formula is C26H27N3O2. The predicted molar refractivity (Wildman–Crippen MR) is 123 cm³/mol. The van der Waals surface area contributed by atoms with Crippen molar-refractivity contribution >= 4 is 16.6 Å². The summed E-state index contributed by atoms with van der Waals surface area (Å²) in [5, 5.41) is 10.9. The Morgan fingerprint density at radius 3 is 2.52 bits per heavy atom. The molecule has 1 aromatic heterocycles. The smallest absolute Gasteiger partial charge is 0.270 e. The summed E-state index contributed by atoms with van der Waals surface area (Å²) in [5.41, 5.74) is 4.33. The van der Waals surface area contributed by atoms with Crippen LogP contribution in [0.2, 0.25) is 0 Å². The van der Waals surface area contributed by atoms with Gasteiger partial charge in [0.2, 0.25) is 0 Å². The normalized spacial score (nSPS) is 19.6. The molecule has 2 aromatic carbocycles. The Labute approximate surface area is 182 Å². The van der Waals surface area contributed by atoms with Crippen molar-refractivity contribution < 1.29 is 4.74 Å². The van der Waals surface area contributed by atoms with Crippen molar-refractivity contribution in [2.45, 2.75) is 31.1 Å². The van der Waals surface area contributed by atoms with E-state index < -0.39 is 0 Å². The molecule has 0 aliphatic carbocycles. The second-order valence-corrected chi connectivity index (χ2v) is 8.74. The number of nitriles is 1. The van der Waals surface area contributed by atoms with E-state index in [1.54, 1.807) is 11.6 Å². The highest BCUT2D eigenvalue weighted by molar-refractivity contribution is 5.95. The molecule has 2 saturated heterocycles. The minimum atomic E-state index is -0.212. The summed E-state index contributed by atoms with van der Waals surface area (Å²) in [6.07, 6.45) is 3.18. The van der Waals surface area contributed by atoms with Gasteiger partial charge in [-0.1, -0.05) is 42.5 Å². The van der Waals surface area contributed by atoms with Crippen molar-refractivity contribution in [1.82, 2.24) is 4.57 Å². The first kappa shape index (κ1) is 19.8. The third-order valence-corrected chi connectivity index (χ3v) is 6.93. The number of hydrogen-bond donors (Lipinski definition) is 0. The molecule has 0 N–H and O–H groups in total. The van der Waals surface area contributed by atoms with Gasteiger partial charge in [-0.25, -0.2) is 0 Å². The molecule has 0 unspecified atom stereocenters. The summed E-state index contributed by atoms with van der Waals surface area (Å²) in [4.78, 5) is 15.4. The van der Waals surface area contributed by atoms with E-state index in [1.165, 1.54) is 11.1 Å². The van der Waals surface area contributed by atoms with Crippen LogP contribution < -0.4 is 10.5 Å². The molecule has 0 bridgehead atoms. The lowest BCUT2D eigenvalue weighted by molar-refractivity contribution is 0.00846. The molecule has 2 aliphatic heterocycles. The van der Waals surface area contributed by atoms with Crippen LogP contribution in [-0.4, -0.2) is 30.9 Å². The van der Waals surface area contributed by atoms with Crippen LogP contribution in [0.1, 0.15) is 47.8 Å². The van der Waals surface area contributed by atoms with Crippen LogP contribution in [0, 0.1) is 11.3 Å². The summed E-state index contributed by atoms with van der Waals surface area (Å²) in [6.45, 7) is 3.17. The zero-order valence-corrected chi connectivity index (χ0v) is 17.9. The van der Waals surface area contributed by atoms with Crippen molar-refractivity contribution in [3.8, 4) is 6.07 Å². The third kappa shape index (κ3) is 3.51. The number of fused-ring (bicyclic) bond motifs is 1. The molecule has 0 amide bonds. The highest BCUT2D eigenvalue weighted by Gasteiger charge is 2.26. The van der Waals surface area contributed by atoms with E-state index in [1.807, 2.05) is 0 Å². The third-order valence-electron chi connectivity index (χ3n) is 6.93. The minimum Gasteiger partial charge on any atom is -0.380 e. The molecular weight excluding hydrogens is 386 g/mol. The van der Waals surface area contributed by atoms with E-state index in [-0.39, 0.29) is 11.1 Å².